The minimum Gasteiger partial charge on any atom is -0.451 e. The number of para-hydroxylation sites is 1. The topological polar surface area (TPSA) is 80.8 Å². The summed E-state index contributed by atoms with van der Waals surface area (Å²) in [5, 5.41) is 3.24. The van der Waals surface area contributed by atoms with Crippen LogP contribution in [0.2, 0.25) is 0 Å². The lowest BCUT2D eigenvalue weighted by molar-refractivity contribution is -0.137. The third-order valence-electron chi connectivity index (χ3n) is 5.60. The molecule has 1 saturated heterocycles. The van der Waals surface area contributed by atoms with Crippen LogP contribution in [0.4, 0.5) is 24.5 Å². The summed E-state index contributed by atoms with van der Waals surface area (Å²) < 4.78 is 51.3. The molecule has 1 amide bonds. The van der Waals surface area contributed by atoms with E-state index in [4.69, 9.17) is 9.47 Å². The van der Waals surface area contributed by atoms with Crippen LogP contribution < -0.4 is 10.2 Å². The summed E-state index contributed by atoms with van der Waals surface area (Å²) in [6.45, 7) is 1.14. The second-order valence-corrected chi connectivity index (χ2v) is 10.2. The molecule has 3 heterocycles. The zero-order valence-corrected chi connectivity index (χ0v) is 20.8. The predicted octanol–water partition coefficient (Wildman–Crippen LogP) is 5.68. The highest BCUT2D eigenvalue weighted by Crippen LogP contribution is 2.36. The Labute approximate surface area is 217 Å². The fourth-order valence-corrected chi connectivity index (χ4v) is 5.74. The lowest BCUT2D eigenvalue weighted by Gasteiger charge is -2.31. The SMILES string of the molecule is O=C(COC(=O)c1ccc(-c2nc3ccccc3s2)s1)Nc1cc(C(F)(F)F)ccc1N1CCOCC1. The first kappa shape index (κ1) is 25.2. The van der Waals surface area contributed by atoms with E-state index in [9.17, 15) is 22.8 Å². The summed E-state index contributed by atoms with van der Waals surface area (Å²) in [5.41, 5.74) is 0.405. The maximum atomic E-state index is 13.3. The van der Waals surface area contributed by atoms with E-state index in [1.54, 1.807) is 12.1 Å². The molecule has 5 rings (SSSR count). The van der Waals surface area contributed by atoms with E-state index < -0.39 is 30.2 Å². The predicted molar refractivity (Wildman–Crippen MR) is 136 cm³/mol. The number of halogens is 3. The number of thiophene rings is 1. The van der Waals surface area contributed by atoms with E-state index in [-0.39, 0.29) is 10.6 Å². The molecular weight excluding hydrogens is 527 g/mol. The first-order valence-electron chi connectivity index (χ1n) is 11.2. The molecule has 1 fully saturated rings. The number of carbonyl (C=O) groups is 2. The van der Waals surface area contributed by atoms with Gasteiger partial charge in [0.1, 0.15) is 9.88 Å². The summed E-state index contributed by atoms with van der Waals surface area (Å²) in [4.78, 5) is 32.6. The highest BCUT2D eigenvalue weighted by atomic mass is 32.1. The van der Waals surface area contributed by atoms with Crippen molar-refractivity contribution in [3.63, 3.8) is 0 Å². The standard InChI is InChI=1S/C25H20F3N3O4S2/c26-25(27,28)15-5-6-18(31-9-11-34-12-10-31)17(13-15)29-22(32)14-35-24(33)21-8-7-20(36-21)23-30-16-3-1-2-4-19(16)37-23/h1-8,13H,9-12,14H2,(H,29,32). The molecule has 2 aromatic heterocycles. The summed E-state index contributed by atoms with van der Waals surface area (Å²) in [6, 6.07) is 14.2. The molecule has 4 aromatic rings. The van der Waals surface area contributed by atoms with Gasteiger partial charge in [-0.3, -0.25) is 4.79 Å². The molecule has 0 aliphatic carbocycles. The second-order valence-electron chi connectivity index (χ2n) is 8.10. The number of ether oxygens (including phenoxy) is 2. The molecule has 0 saturated carbocycles. The Morgan fingerprint density at radius 3 is 2.59 bits per heavy atom. The van der Waals surface area contributed by atoms with Crippen LogP contribution in [0.3, 0.4) is 0 Å². The number of fused-ring (bicyclic) bond motifs is 1. The van der Waals surface area contributed by atoms with Gasteiger partial charge in [-0.25, -0.2) is 9.78 Å². The van der Waals surface area contributed by atoms with Gasteiger partial charge in [0, 0.05) is 13.1 Å². The van der Waals surface area contributed by atoms with Crippen molar-refractivity contribution >= 4 is 56.1 Å². The number of esters is 1. The van der Waals surface area contributed by atoms with Gasteiger partial charge in [-0.2, -0.15) is 13.2 Å². The molecule has 37 heavy (non-hydrogen) atoms. The average molecular weight is 548 g/mol. The van der Waals surface area contributed by atoms with Crippen LogP contribution in [0.25, 0.3) is 20.1 Å². The van der Waals surface area contributed by atoms with Crippen LogP contribution in [0, 0.1) is 0 Å². The number of nitrogens with zero attached hydrogens (tertiary/aromatic N) is 2. The summed E-state index contributed by atoms with van der Waals surface area (Å²) in [6.07, 6.45) is -4.57. The number of benzene rings is 2. The number of alkyl halides is 3. The van der Waals surface area contributed by atoms with Gasteiger partial charge in [-0.05, 0) is 42.5 Å². The van der Waals surface area contributed by atoms with Crippen molar-refractivity contribution in [1.29, 1.82) is 0 Å². The molecule has 1 aliphatic rings. The van der Waals surface area contributed by atoms with Gasteiger partial charge in [0.15, 0.2) is 6.61 Å². The fourth-order valence-electron chi connectivity index (χ4n) is 3.82. The number of hydrogen-bond acceptors (Lipinski definition) is 8. The lowest BCUT2D eigenvalue weighted by atomic mass is 10.1. The molecule has 0 bridgehead atoms. The molecule has 12 heteroatoms. The van der Waals surface area contributed by atoms with Gasteiger partial charge >= 0.3 is 12.1 Å². The summed E-state index contributed by atoms with van der Waals surface area (Å²) in [7, 11) is 0. The quantitative estimate of drug-likeness (QED) is 0.313. The Balaban J connectivity index is 1.25. The normalized spacial score (nSPS) is 14.1. The molecule has 0 unspecified atom stereocenters. The van der Waals surface area contributed by atoms with E-state index in [1.807, 2.05) is 29.2 Å². The smallest absolute Gasteiger partial charge is 0.416 e. The lowest BCUT2D eigenvalue weighted by Crippen LogP contribution is -2.37. The Hall–Kier alpha value is -3.48. The van der Waals surface area contributed by atoms with Crippen molar-refractivity contribution in [3.05, 3.63) is 65.0 Å². The number of rotatable bonds is 6. The van der Waals surface area contributed by atoms with Crippen LogP contribution in [-0.2, 0) is 20.4 Å². The molecule has 2 aromatic carbocycles. The fraction of sp³-hybridized carbons (Fsp3) is 0.240. The van der Waals surface area contributed by atoms with Crippen LogP contribution in [0.15, 0.2) is 54.6 Å². The Morgan fingerprint density at radius 2 is 1.84 bits per heavy atom. The zero-order valence-electron chi connectivity index (χ0n) is 19.2. The Kier molecular flexibility index (Phi) is 7.13. The van der Waals surface area contributed by atoms with E-state index in [1.165, 1.54) is 28.7 Å². The maximum absolute atomic E-state index is 13.3. The molecule has 1 N–H and O–H groups in total. The van der Waals surface area contributed by atoms with Crippen molar-refractivity contribution in [2.45, 2.75) is 6.18 Å². The second kappa shape index (κ2) is 10.5. The first-order valence-corrected chi connectivity index (χ1v) is 12.9. The van der Waals surface area contributed by atoms with Crippen molar-refractivity contribution in [3.8, 4) is 9.88 Å². The number of amides is 1. The van der Waals surface area contributed by atoms with Crippen molar-refractivity contribution in [2.24, 2.45) is 0 Å². The zero-order chi connectivity index (χ0) is 26.0. The Morgan fingerprint density at radius 1 is 1.05 bits per heavy atom. The summed E-state index contributed by atoms with van der Waals surface area (Å²) in [5.74, 6) is -1.45. The highest BCUT2D eigenvalue weighted by molar-refractivity contribution is 7.26. The van der Waals surface area contributed by atoms with Crippen molar-refractivity contribution in [2.75, 3.05) is 43.1 Å². The number of carbonyl (C=O) groups excluding carboxylic acids is 2. The molecule has 192 valence electrons. The largest absolute Gasteiger partial charge is 0.451 e. The van der Waals surface area contributed by atoms with Crippen molar-refractivity contribution < 1.29 is 32.2 Å². The maximum Gasteiger partial charge on any atom is 0.416 e. The van der Waals surface area contributed by atoms with Crippen LogP contribution >= 0.6 is 22.7 Å². The number of morpholine rings is 1. The minimum absolute atomic E-state index is 0.00739. The van der Waals surface area contributed by atoms with Crippen LogP contribution in [0.5, 0.6) is 0 Å². The van der Waals surface area contributed by atoms with Gasteiger partial charge < -0.3 is 19.7 Å². The summed E-state index contributed by atoms with van der Waals surface area (Å²) >= 11 is 2.69. The minimum atomic E-state index is -4.57. The number of anilines is 2. The monoisotopic (exact) mass is 547 g/mol. The highest BCUT2D eigenvalue weighted by Gasteiger charge is 2.32. The number of hydrogen-bond donors (Lipinski definition) is 1. The average Bonchev–Trinajstić information content (AvgIpc) is 3.55. The third-order valence-corrected chi connectivity index (χ3v) is 7.87. The Bertz CT molecular complexity index is 1410. The van der Waals surface area contributed by atoms with Gasteiger partial charge in [0.25, 0.3) is 5.91 Å². The van der Waals surface area contributed by atoms with Gasteiger partial charge in [0.2, 0.25) is 0 Å². The van der Waals surface area contributed by atoms with Gasteiger partial charge in [0.05, 0.1) is 45.2 Å². The number of aromatic nitrogens is 1. The molecule has 0 atom stereocenters. The van der Waals surface area contributed by atoms with Crippen LogP contribution in [0.1, 0.15) is 15.2 Å². The van der Waals surface area contributed by atoms with Gasteiger partial charge in [-0.15, -0.1) is 22.7 Å². The van der Waals surface area contributed by atoms with E-state index in [0.29, 0.717) is 32.0 Å². The molecule has 0 radical (unpaired) electrons. The van der Waals surface area contributed by atoms with Gasteiger partial charge in [-0.1, -0.05) is 12.1 Å². The van der Waals surface area contributed by atoms with Crippen molar-refractivity contribution in [1.82, 2.24) is 4.98 Å². The molecule has 1 aliphatic heterocycles. The number of thiazole rings is 1. The first-order chi connectivity index (χ1) is 17.8. The van der Waals surface area contributed by atoms with E-state index in [2.05, 4.69) is 10.3 Å². The number of nitrogens with one attached hydrogen (secondary N) is 1. The van der Waals surface area contributed by atoms with E-state index in [0.717, 1.165) is 32.2 Å². The van der Waals surface area contributed by atoms with Crippen LogP contribution in [-0.4, -0.2) is 49.8 Å². The van der Waals surface area contributed by atoms with E-state index >= 15 is 0 Å². The third kappa shape index (κ3) is 5.76. The molecule has 0 spiro atoms. The molecular formula is C25H20F3N3O4S2. The molecule has 7 nitrogen and oxygen atoms in total.